The van der Waals surface area contributed by atoms with Crippen LogP contribution < -0.4 is 4.90 Å². The van der Waals surface area contributed by atoms with Gasteiger partial charge in [0.25, 0.3) is 0 Å². The average Bonchev–Trinajstić information content (AvgIpc) is 2.59. The lowest BCUT2D eigenvalue weighted by atomic mass is 10.0. The number of fused-ring (bicyclic) bond motifs is 1. The highest BCUT2D eigenvalue weighted by Gasteiger charge is 2.34. The number of pyridine rings is 1. The van der Waals surface area contributed by atoms with Gasteiger partial charge in [-0.15, -0.1) is 0 Å². The minimum Gasteiger partial charge on any atom is -0.468 e. The minimum atomic E-state index is -1.26. The Morgan fingerprint density at radius 2 is 1.73 bits per heavy atom. The van der Waals surface area contributed by atoms with E-state index in [2.05, 4.69) is 14.5 Å². The number of rotatable bonds is 3. The van der Waals surface area contributed by atoms with E-state index in [9.17, 15) is 14.4 Å². The fourth-order valence-corrected chi connectivity index (χ4v) is 2.71. The van der Waals surface area contributed by atoms with Gasteiger partial charge in [-0.25, -0.2) is 4.79 Å². The standard InChI is InChI=1S/C18H24N2O6/c1-18(2,3)26-17(23)20-10-6-7-11-13(20)9-8-12(19-11)14(15(21)24-4)16(22)25-5/h8-9,14H,6-7,10H2,1-5H3. The highest BCUT2D eigenvalue weighted by molar-refractivity contribution is 6.00. The number of aromatic nitrogens is 1. The number of hydrogen-bond donors (Lipinski definition) is 0. The normalized spacial score (nSPS) is 13.8. The second kappa shape index (κ2) is 7.72. The quantitative estimate of drug-likeness (QED) is 0.461. The predicted octanol–water partition coefficient (Wildman–Crippen LogP) is 2.20. The molecule has 142 valence electrons. The Kier molecular flexibility index (Phi) is 5.84. The van der Waals surface area contributed by atoms with E-state index >= 15 is 0 Å². The van der Waals surface area contributed by atoms with Crippen molar-refractivity contribution in [2.24, 2.45) is 0 Å². The number of esters is 2. The van der Waals surface area contributed by atoms with E-state index in [0.717, 1.165) is 0 Å². The topological polar surface area (TPSA) is 95.0 Å². The molecule has 0 aliphatic carbocycles. The van der Waals surface area contributed by atoms with Crippen LogP contribution in [-0.2, 0) is 30.2 Å². The van der Waals surface area contributed by atoms with Gasteiger partial charge in [0.05, 0.1) is 31.3 Å². The van der Waals surface area contributed by atoms with Crippen molar-refractivity contribution >= 4 is 23.7 Å². The zero-order valence-corrected chi connectivity index (χ0v) is 15.7. The molecule has 8 nitrogen and oxygen atoms in total. The number of ether oxygens (including phenoxy) is 3. The van der Waals surface area contributed by atoms with Gasteiger partial charge in [0.2, 0.25) is 0 Å². The van der Waals surface area contributed by atoms with Gasteiger partial charge < -0.3 is 14.2 Å². The summed E-state index contributed by atoms with van der Waals surface area (Å²) in [5.74, 6) is -2.75. The van der Waals surface area contributed by atoms with Crippen molar-refractivity contribution in [1.82, 2.24) is 4.98 Å². The molecule has 1 aliphatic rings. The van der Waals surface area contributed by atoms with Crippen LogP contribution in [0.5, 0.6) is 0 Å². The van der Waals surface area contributed by atoms with E-state index < -0.39 is 29.6 Å². The predicted molar refractivity (Wildman–Crippen MR) is 92.9 cm³/mol. The Balaban J connectivity index is 2.36. The Hall–Kier alpha value is -2.64. The summed E-state index contributed by atoms with van der Waals surface area (Å²) in [6.45, 7) is 5.91. The fourth-order valence-electron chi connectivity index (χ4n) is 2.71. The number of nitrogens with zero attached hydrogens (tertiary/aromatic N) is 2. The maximum atomic E-state index is 12.4. The van der Waals surface area contributed by atoms with Gasteiger partial charge in [0, 0.05) is 6.54 Å². The number of amides is 1. The largest absolute Gasteiger partial charge is 0.468 e. The summed E-state index contributed by atoms with van der Waals surface area (Å²) in [4.78, 5) is 42.3. The van der Waals surface area contributed by atoms with Crippen LogP contribution in [-0.4, -0.2) is 49.4 Å². The van der Waals surface area contributed by atoms with E-state index in [4.69, 9.17) is 4.74 Å². The van der Waals surface area contributed by atoms with Crippen LogP contribution in [0.4, 0.5) is 10.5 Å². The van der Waals surface area contributed by atoms with Crippen LogP contribution in [0, 0.1) is 0 Å². The third kappa shape index (κ3) is 4.30. The van der Waals surface area contributed by atoms with Crippen LogP contribution in [0.15, 0.2) is 12.1 Å². The summed E-state index contributed by atoms with van der Waals surface area (Å²) < 4.78 is 14.8. The highest BCUT2D eigenvalue weighted by Crippen LogP contribution is 2.29. The zero-order chi connectivity index (χ0) is 19.5. The summed E-state index contributed by atoms with van der Waals surface area (Å²) in [5, 5.41) is 0. The Labute approximate surface area is 152 Å². The van der Waals surface area contributed by atoms with Crippen molar-refractivity contribution in [2.45, 2.75) is 45.1 Å². The number of methoxy groups -OCH3 is 2. The molecule has 0 saturated carbocycles. The molecule has 1 aliphatic heterocycles. The maximum Gasteiger partial charge on any atom is 0.414 e. The first kappa shape index (κ1) is 19.7. The van der Waals surface area contributed by atoms with Gasteiger partial charge in [-0.3, -0.25) is 19.5 Å². The average molecular weight is 364 g/mol. The molecule has 0 N–H and O–H groups in total. The molecule has 0 radical (unpaired) electrons. The Morgan fingerprint density at radius 3 is 2.27 bits per heavy atom. The first-order valence-electron chi connectivity index (χ1n) is 8.34. The molecular formula is C18H24N2O6. The highest BCUT2D eigenvalue weighted by atomic mass is 16.6. The smallest absolute Gasteiger partial charge is 0.414 e. The molecule has 0 bridgehead atoms. The molecule has 1 aromatic rings. The van der Waals surface area contributed by atoms with Crippen LogP contribution in [0.25, 0.3) is 0 Å². The van der Waals surface area contributed by atoms with E-state index in [-0.39, 0.29) is 5.69 Å². The van der Waals surface area contributed by atoms with Crippen molar-refractivity contribution in [3.05, 3.63) is 23.5 Å². The Morgan fingerprint density at radius 1 is 1.12 bits per heavy atom. The summed E-state index contributed by atoms with van der Waals surface area (Å²) in [5.41, 5.74) is 0.858. The maximum absolute atomic E-state index is 12.4. The van der Waals surface area contributed by atoms with Crippen molar-refractivity contribution in [1.29, 1.82) is 0 Å². The van der Waals surface area contributed by atoms with E-state index in [0.29, 0.717) is 30.8 Å². The molecule has 0 atom stereocenters. The first-order chi connectivity index (χ1) is 12.2. The van der Waals surface area contributed by atoms with Gasteiger partial charge in [-0.1, -0.05) is 0 Å². The second-order valence-electron chi connectivity index (χ2n) is 6.92. The van der Waals surface area contributed by atoms with Gasteiger partial charge >= 0.3 is 18.0 Å². The molecule has 0 saturated heterocycles. The third-order valence-corrected chi connectivity index (χ3v) is 3.84. The molecule has 2 heterocycles. The Bertz CT molecular complexity index is 694. The molecule has 8 heteroatoms. The van der Waals surface area contributed by atoms with Gasteiger partial charge in [0.1, 0.15) is 5.60 Å². The van der Waals surface area contributed by atoms with E-state index in [1.807, 2.05) is 0 Å². The summed E-state index contributed by atoms with van der Waals surface area (Å²) in [6.07, 6.45) is 0.868. The van der Waals surface area contributed by atoms with Crippen molar-refractivity contribution < 1.29 is 28.6 Å². The number of carbonyl (C=O) groups excluding carboxylic acids is 3. The SMILES string of the molecule is COC(=O)C(C(=O)OC)c1ccc2c(n1)CCCN2C(=O)OC(C)(C)C. The minimum absolute atomic E-state index is 0.230. The number of hydrogen-bond acceptors (Lipinski definition) is 7. The summed E-state index contributed by atoms with van der Waals surface area (Å²) in [7, 11) is 2.39. The third-order valence-electron chi connectivity index (χ3n) is 3.84. The number of aryl methyl sites for hydroxylation is 1. The van der Waals surface area contributed by atoms with Crippen LogP contribution in [0.1, 0.15) is 44.5 Å². The lowest BCUT2D eigenvalue weighted by Crippen LogP contribution is -2.40. The van der Waals surface area contributed by atoms with Gasteiger partial charge in [0.15, 0.2) is 5.92 Å². The number of anilines is 1. The fraction of sp³-hybridized carbons (Fsp3) is 0.556. The molecule has 1 amide bonds. The van der Waals surface area contributed by atoms with Crippen molar-refractivity contribution in [3.63, 3.8) is 0 Å². The molecule has 1 aromatic heterocycles. The molecule has 2 rings (SSSR count). The van der Waals surface area contributed by atoms with Crippen molar-refractivity contribution in [3.8, 4) is 0 Å². The first-order valence-corrected chi connectivity index (χ1v) is 8.34. The summed E-state index contributed by atoms with van der Waals surface area (Å²) in [6, 6.07) is 3.19. The lowest BCUT2D eigenvalue weighted by molar-refractivity contribution is -0.154. The molecule has 0 aromatic carbocycles. The van der Waals surface area contributed by atoms with Gasteiger partial charge in [-0.05, 0) is 45.7 Å². The zero-order valence-electron chi connectivity index (χ0n) is 15.7. The molecule has 26 heavy (non-hydrogen) atoms. The lowest BCUT2D eigenvalue weighted by Gasteiger charge is -2.31. The number of carbonyl (C=O) groups is 3. The van der Waals surface area contributed by atoms with Crippen LogP contribution in [0.3, 0.4) is 0 Å². The molecule has 0 unspecified atom stereocenters. The monoisotopic (exact) mass is 364 g/mol. The van der Waals surface area contributed by atoms with Crippen LogP contribution in [0.2, 0.25) is 0 Å². The molecular weight excluding hydrogens is 340 g/mol. The molecule has 0 spiro atoms. The summed E-state index contributed by atoms with van der Waals surface area (Å²) >= 11 is 0. The van der Waals surface area contributed by atoms with E-state index in [1.54, 1.807) is 26.8 Å². The van der Waals surface area contributed by atoms with Crippen LogP contribution >= 0.6 is 0 Å². The van der Waals surface area contributed by atoms with E-state index in [1.165, 1.54) is 25.2 Å². The van der Waals surface area contributed by atoms with Gasteiger partial charge in [-0.2, -0.15) is 0 Å². The second-order valence-corrected chi connectivity index (χ2v) is 6.92. The van der Waals surface area contributed by atoms with Crippen molar-refractivity contribution in [2.75, 3.05) is 25.7 Å². The molecule has 0 fully saturated rings.